The van der Waals surface area contributed by atoms with Gasteiger partial charge in [-0.05, 0) is 21.9 Å². The predicted molar refractivity (Wildman–Crippen MR) is 56.2 cm³/mol. The molecule has 0 amide bonds. The fourth-order valence-corrected chi connectivity index (χ4v) is 2.04. The van der Waals surface area contributed by atoms with Crippen molar-refractivity contribution in [3.63, 3.8) is 0 Å². The Morgan fingerprint density at radius 3 is 2.00 bits per heavy atom. The third-order valence-electron chi connectivity index (χ3n) is 2.11. The van der Waals surface area contributed by atoms with Gasteiger partial charge in [0, 0.05) is 5.41 Å². The van der Waals surface area contributed by atoms with Crippen molar-refractivity contribution in [2.75, 3.05) is 0 Å². The van der Waals surface area contributed by atoms with E-state index in [-0.39, 0.29) is 5.41 Å². The van der Waals surface area contributed by atoms with Gasteiger partial charge in [-0.3, -0.25) is 0 Å². The van der Waals surface area contributed by atoms with Crippen molar-refractivity contribution >= 4 is 23.5 Å². The van der Waals surface area contributed by atoms with E-state index in [1.807, 2.05) is 0 Å². The maximum absolute atomic E-state index is 2.25. The van der Waals surface area contributed by atoms with Crippen molar-refractivity contribution in [1.29, 1.82) is 0 Å². The number of hydrogen-bond acceptors (Lipinski definition) is 1. The Hall–Kier alpha value is -0.820. The normalized spacial score (nSPS) is 18.8. The monoisotopic (exact) mass is 176 g/mol. The van der Waals surface area contributed by atoms with Crippen molar-refractivity contribution in [2.45, 2.75) is 13.8 Å². The molecule has 1 aromatic heterocycles. The molecule has 0 saturated carbocycles. The highest BCUT2D eigenvalue weighted by Gasteiger charge is 2.12. The molecule has 1 aliphatic carbocycles. The second-order valence-corrected chi connectivity index (χ2v) is 4.51. The van der Waals surface area contributed by atoms with Crippen LogP contribution in [0.4, 0.5) is 0 Å². The molecular weight excluding hydrogens is 164 g/mol. The number of hydrogen-bond donors (Lipinski definition) is 0. The molecule has 1 heteroatoms. The van der Waals surface area contributed by atoms with E-state index in [1.165, 1.54) is 11.1 Å². The summed E-state index contributed by atoms with van der Waals surface area (Å²) >= 11 is 1.76. The Labute approximate surface area is 77.2 Å². The molecule has 0 N–H and O–H groups in total. The van der Waals surface area contributed by atoms with E-state index in [2.05, 4.69) is 48.9 Å². The Morgan fingerprint density at radius 1 is 1.00 bits per heavy atom. The molecule has 0 spiro atoms. The molecule has 0 bridgehead atoms. The van der Waals surface area contributed by atoms with Gasteiger partial charge in [-0.1, -0.05) is 38.2 Å². The van der Waals surface area contributed by atoms with Crippen LogP contribution in [0.3, 0.4) is 0 Å². The SMILES string of the molecule is CC1(C)C=Cc2cscc2C=C1. The quantitative estimate of drug-likeness (QED) is 0.564. The Balaban J connectivity index is 2.49. The maximum Gasteiger partial charge on any atom is 0.00111 e. The molecule has 0 unspecified atom stereocenters. The van der Waals surface area contributed by atoms with Gasteiger partial charge in [-0.15, -0.1) is 0 Å². The summed E-state index contributed by atoms with van der Waals surface area (Å²) in [6.07, 6.45) is 8.93. The topological polar surface area (TPSA) is 0 Å². The first-order valence-electron chi connectivity index (χ1n) is 4.12. The average molecular weight is 176 g/mol. The zero-order valence-corrected chi connectivity index (χ0v) is 8.19. The van der Waals surface area contributed by atoms with Crippen molar-refractivity contribution in [3.8, 4) is 0 Å². The zero-order chi connectivity index (χ0) is 8.60. The molecule has 0 saturated heterocycles. The summed E-state index contributed by atoms with van der Waals surface area (Å²) in [5.41, 5.74) is 2.90. The molecule has 2 rings (SSSR count). The van der Waals surface area contributed by atoms with Gasteiger partial charge in [0.1, 0.15) is 0 Å². The lowest BCUT2D eigenvalue weighted by molar-refractivity contribution is 0.633. The molecule has 0 aromatic carbocycles. The standard InChI is InChI=1S/C11H12S/c1-11(2)5-3-9-7-12-8-10(9)4-6-11/h3-8H,1-2H3. The highest BCUT2D eigenvalue weighted by atomic mass is 32.1. The predicted octanol–water partition coefficient (Wildman–Crippen LogP) is 3.81. The van der Waals surface area contributed by atoms with Gasteiger partial charge in [0.15, 0.2) is 0 Å². The lowest BCUT2D eigenvalue weighted by Gasteiger charge is -2.12. The summed E-state index contributed by atoms with van der Waals surface area (Å²) in [6.45, 7) is 4.44. The van der Waals surface area contributed by atoms with Crippen LogP contribution in [0.1, 0.15) is 25.0 Å². The highest BCUT2D eigenvalue weighted by molar-refractivity contribution is 7.08. The van der Waals surface area contributed by atoms with Gasteiger partial charge in [-0.2, -0.15) is 11.3 Å². The van der Waals surface area contributed by atoms with Crippen LogP contribution < -0.4 is 0 Å². The molecule has 0 fully saturated rings. The molecule has 0 nitrogen and oxygen atoms in total. The van der Waals surface area contributed by atoms with Gasteiger partial charge < -0.3 is 0 Å². The van der Waals surface area contributed by atoms with Crippen LogP contribution in [0, 0.1) is 5.41 Å². The van der Waals surface area contributed by atoms with E-state index in [1.54, 1.807) is 11.3 Å². The van der Waals surface area contributed by atoms with Gasteiger partial charge >= 0.3 is 0 Å². The van der Waals surface area contributed by atoms with Crippen LogP contribution in [0.5, 0.6) is 0 Å². The first-order chi connectivity index (χ1) is 5.67. The molecule has 1 aromatic rings. The van der Waals surface area contributed by atoms with Crippen molar-refractivity contribution in [3.05, 3.63) is 34.0 Å². The van der Waals surface area contributed by atoms with Gasteiger partial charge in [0.2, 0.25) is 0 Å². The molecule has 1 aliphatic rings. The molecule has 0 atom stereocenters. The van der Waals surface area contributed by atoms with Crippen LogP contribution in [0.2, 0.25) is 0 Å². The van der Waals surface area contributed by atoms with E-state index in [4.69, 9.17) is 0 Å². The van der Waals surface area contributed by atoms with Crippen LogP contribution in [-0.4, -0.2) is 0 Å². The summed E-state index contributed by atoms with van der Waals surface area (Å²) in [7, 11) is 0. The summed E-state index contributed by atoms with van der Waals surface area (Å²) in [6, 6.07) is 0. The van der Waals surface area contributed by atoms with Crippen LogP contribution in [-0.2, 0) is 0 Å². The molecule has 1 heterocycles. The highest BCUT2D eigenvalue weighted by Crippen LogP contribution is 2.29. The maximum atomic E-state index is 2.25. The first-order valence-corrected chi connectivity index (χ1v) is 5.06. The second-order valence-electron chi connectivity index (χ2n) is 3.77. The summed E-state index contributed by atoms with van der Waals surface area (Å²) in [5, 5.41) is 4.38. The lowest BCUT2D eigenvalue weighted by Crippen LogP contribution is -1.99. The fourth-order valence-electron chi connectivity index (χ4n) is 1.25. The lowest BCUT2D eigenvalue weighted by atomic mass is 9.93. The van der Waals surface area contributed by atoms with E-state index in [9.17, 15) is 0 Å². The van der Waals surface area contributed by atoms with Gasteiger partial charge in [0.25, 0.3) is 0 Å². The largest absolute Gasteiger partial charge is 0.151 e. The minimum absolute atomic E-state index is 0.205. The number of thiophene rings is 1. The number of fused-ring (bicyclic) bond motifs is 1. The Kier molecular flexibility index (Phi) is 1.69. The van der Waals surface area contributed by atoms with Gasteiger partial charge in [-0.25, -0.2) is 0 Å². The minimum atomic E-state index is 0.205. The average Bonchev–Trinajstić information content (AvgIpc) is 2.40. The summed E-state index contributed by atoms with van der Waals surface area (Å²) in [4.78, 5) is 0. The molecule has 12 heavy (non-hydrogen) atoms. The van der Waals surface area contributed by atoms with Crippen molar-refractivity contribution in [1.82, 2.24) is 0 Å². The second kappa shape index (κ2) is 2.60. The number of allylic oxidation sites excluding steroid dienone is 2. The Bertz CT molecular complexity index is 309. The number of rotatable bonds is 0. The minimum Gasteiger partial charge on any atom is -0.151 e. The smallest absolute Gasteiger partial charge is 0.00111 e. The van der Waals surface area contributed by atoms with E-state index in [0.717, 1.165) is 0 Å². The summed E-state index contributed by atoms with van der Waals surface area (Å²) < 4.78 is 0. The van der Waals surface area contributed by atoms with Crippen LogP contribution in [0.25, 0.3) is 12.2 Å². The van der Waals surface area contributed by atoms with E-state index >= 15 is 0 Å². The molecule has 0 aliphatic heterocycles. The Morgan fingerprint density at radius 2 is 1.50 bits per heavy atom. The third-order valence-corrected chi connectivity index (χ3v) is 2.89. The summed E-state index contributed by atoms with van der Waals surface area (Å²) in [5.74, 6) is 0. The van der Waals surface area contributed by atoms with E-state index in [0.29, 0.717) is 0 Å². The molecule has 62 valence electrons. The zero-order valence-electron chi connectivity index (χ0n) is 7.37. The van der Waals surface area contributed by atoms with Crippen molar-refractivity contribution < 1.29 is 0 Å². The van der Waals surface area contributed by atoms with Gasteiger partial charge in [0.05, 0.1) is 0 Å². The first kappa shape index (κ1) is 7.81. The third kappa shape index (κ3) is 1.37. The molecule has 0 radical (unpaired) electrons. The molecular formula is C11H12S. The fraction of sp³-hybridized carbons (Fsp3) is 0.273. The van der Waals surface area contributed by atoms with Crippen LogP contribution in [0.15, 0.2) is 22.9 Å². The van der Waals surface area contributed by atoms with Crippen LogP contribution >= 0.6 is 11.3 Å². The van der Waals surface area contributed by atoms with E-state index < -0.39 is 0 Å². The van der Waals surface area contributed by atoms with Crippen molar-refractivity contribution in [2.24, 2.45) is 5.41 Å².